The number of para-hydroxylation sites is 1. The molecule has 0 aromatic heterocycles. The molecule has 0 aliphatic heterocycles. The van der Waals surface area contributed by atoms with E-state index in [4.69, 9.17) is 10.00 Å². The molecule has 0 unspecified atom stereocenters. The topological polar surface area (TPSA) is 53.3 Å². The van der Waals surface area contributed by atoms with E-state index >= 15 is 0 Å². The Morgan fingerprint density at radius 2 is 1.95 bits per heavy atom. The lowest BCUT2D eigenvalue weighted by Crippen LogP contribution is -2.33. The van der Waals surface area contributed by atoms with Crippen LogP contribution in [0.2, 0.25) is 0 Å². The van der Waals surface area contributed by atoms with Crippen molar-refractivity contribution < 1.29 is 9.53 Å². The summed E-state index contributed by atoms with van der Waals surface area (Å²) in [5.74, 6) is 0.697. The Bertz CT molecular complexity index is 662. The second-order valence-electron chi connectivity index (χ2n) is 4.82. The minimum Gasteiger partial charge on any atom is -0.497 e. The minimum absolute atomic E-state index is 0.0327. The van der Waals surface area contributed by atoms with Gasteiger partial charge in [-0.3, -0.25) is 4.79 Å². The van der Waals surface area contributed by atoms with E-state index in [1.165, 1.54) is 0 Å². The molecule has 0 aliphatic carbocycles. The van der Waals surface area contributed by atoms with Crippen LogP contribution in [0.5, 0.6) is 5.75 Å². The van der Waals surface area contributed by atoms with Gasteiger partial charge in [0.15, 0.2) is 0 Å². The monoisotopic (exact) mass is 294 g/mol. The zero-order valence-corrected chi connectivity index (χ0v) is 12.5. The van der Waals surface area contributed by atoms with E-state index < -0.39 is 0 Å². The molecule has 0 spiro atoms. The van der Waals surface area contributed by atoms with Crippen molar-refractivity contribution in [1.29, 1.82) is 5.26 Å². The van der Waals surface area contributed by atoms with E-state index in [1.807, 2.05) is 54.6 Å². The zero-order chi connectivity index (χ0) is 15.8. The molecule has 4 nitrogen and oxygen atoms in total. The zero-order valence-electron chi connectivity index (χ0n) is 12.5. The Kier molecular flexibility index (Phi) is 5.56. The predicted molar refractivity (Wildman–Crippen MR) is 85.7 cm³/mol. The SMILES string of the molecule is COc1cccc(CC(=O)N(CCC#N)c2ccccc2)c1. The molecular weight excluding hydrogens is 276 g/mol. The molecule has 0 saturated heterocycles. The van der Waals surface area contributed by atoms with Crippen LogP contribution in [0.25, 0.3) is 0 Å². The van der Waals surface area contributed by atoms with Gasteiger partial charge in [-0.25, -0.2) is 0 Å². The third kappa shape index (κ3) is 4.10. The van der Waals surface area contributed by atoms with E-state index in [0.29, 0.717) is 13.0 Å². The quantitative estimate of drug-likeness (QED) is 0.822. The number of hydrogen-bond donors (Lipinski definition) is 0. The number of benzene rings is 2. The highest BCUT2D eigenvalue weighted by atomic mass is 16.5. The van der Waals surface area contributed by atoms with Crippen molar-refractivity contribution in [1.82, 2.24) is 0 Å². The highest BCUT2D eigenvalue weighted by Crippen LogP contribution is 2.18. The summed E-state index contributed by atoms with van der Waals surface area (Å²) in [6.45, 7) is 0.392. The van der Waals surface area contributed by atoms with Crippen molar-refractivity contribution in [2.45, 2.75) is 12.8 Å². The van der Waals surface area contributed by atoms with Crippen LogP contribution in [0.3, 0.4) is 0 Å². The van der Waals surface area contributed by atoms with Gasteiger partial charge < -0.3 is 9.64 Å². The standard InChI is InChI=1S/C18H18N2O2/c1-22-17-10-5-7-15(13-17)14-18(21)20(12-6-11-19)16-8-3-2-4-9-16/h2-5,7-10,13H,6,12,14H2,1H3. The normalized spacial score (nSPS) is 9.82. The van der Waals surface area contributed by atoms with Crippen molar-refractivity contribution in [3.63, 3.8) is 0 Å². The summed E-state index contributed by atoms with van der Waals surface area (Å²) < 4.78 is 5.18. The molecule has 2 aromatic rings. The fourth-order valence-electron chi connectivity index (χ4n) is 2.22. The summed E-state index contributed by atoms with van der Waals surface area (Å²) in [4.78, 5) is 14.2. The van der Waals surface area contributed by atoms with Gasteiger partial charge in [-0.05, 0) is 29.8 Å². The molecule has 0 radical (unpaired) electrons. The van der Waals surface area contributed by atoms with Gasteiger partial charge in [-0.2, -0.15) is 5.26 Å². The number of carbonyl (C=O) groups is 1. The van der Waals surface area contributed by atoms with Crippen molar-refractivity contribution in [2.75, 3.05) is 18.6 Å². The average molecular weight is 294 g/mol. The van der Waals surface area contributed by atoms with Gasteiger partial charge >= 0.3 is 0 Å². The maximum atomic E-state index is 12.6. The Balaban J connectivity index is 2.16. The van der Waals surface area contributed by atoms with Gasteiger partial charge in [0, 0.05) is 12.2 Å². The second kappa shape index (κ2) is 7.84. The van der Waals surface area contributed by atoms with Crippen LogP contribution in [-0.4, -0.2) is 19.6 Å². The summed E-state index contributed by atoms with van der Waals surface area (Å²) >= 11 is 0. The summed E-state index contributed by atoms with van der Waals surface area (Å²) in [7, 11) is 1.60. The fourth-order valence-corrected chi connectivity index (χ4v) is 2.22. The van der Waals surface area contributed by atoms with Crippen LogP contribution in [0.4, 0.5) is 5.69 Å². The number of nitriles is 1. The molecule has 0 fully saturated rings. The molecule has 0 atom stereocenters. The molecule has 0 bridgehead atoms. The summed E-state index contributed by atoms with van der Waals surface area (Å²) in [5, 5.41) is 8.80. The van der Waals surface area contributed by atoms with Crippen LogP contribution >= 0.6 is 0 Å². The van der Waals surface area contributed by atoms with Gasteiger partial charge in [0.25, 0.3) is 0 Å². The first-order valence-electron chi connectivity index (χ1n) is 7.10. The number of anilines is 1. The highest BCUT2D eigenvalue weighted by Gasteiger charge is 2.15. The number of rotatable bonds is 6. The largest absolute Gasteiger partial charge is 0.497 e. The van der Waals surface area contributed by atoms with Crippen molar-refractivity contribution in [2.24, 2.45) is 0 Å². The first-order chi connectivity index (χ1) is 10.7. The number of hydrogen-bond acceptors (Lipinski definition) is 3. The third-order valence-corrected chi connectivity index (χ3v) is 3.31. The molecule has 1 amide bonds. The molecule has 22 heavy (non-hydrogen) atoms. The summed E-state index contributed by atoms with van der Waals surface area (Å²) in [5.41, 5.74) is 1.70. The predicted octanol–water partition coefficient (Wildman–Crippen LogP) is 3.18. The summed E-state index contributed by atoms with van der Waals surface area (Å²) in [6, 6.07) is 19.0. The van der Waals surface area contributed by atoms with Gasteiger partial charge in [0.2, 0.25) is 5.91 Å². The van der Waals surface area contributed by atoms with Gasteiger partial charge in [0.1, 0.15) is 5.75 Å². The maximum Gasteiger partial charge on any atom is 0.231 e. The maximum absolute atomic E-state index is 12.6. The van der Waals surface area contributed by atoms with Gasteiger partial charge in [0.05, 0.1) is 26.0 Å². The summed E-state index contributed by atoms with van der Waals surface area (Å²) in [6.07, 6.45) is 0.580. The Morgan fingerprint density at radius 3 is 2.64 bits per heavy atom. The van der Waals surface area contributed by atoms with E-state index in [-0.39, 0.29) is 12.3 Å². The van der Waals surface area contributed by atoms with E-state index in [0.717, 1.165) is 17.0 Å². The number of carbonyl (C=O) groups excluding carboxylic acids is 1. The average Bonchev–Trinajstić information content (AvgIpc) is 2.56. The third-order valence-electron chi connectivity index (χ3n) is 3.31. The molecule has 2 rings (SSSR count). The molecule has 0 heterocycles. The Morgan fingerprint density at radius 1 is 1.18 bits per heavy atom. The smallest absolute Gasteiger partial charge is 0.231 e. The van der Waals surface area contributed by atoms with E-state index in [2.05, 4.69) is 6.07 Å². The van der Waals surface area contributed by atoms with E-state index in [9.17, 15) is 4.79 Å². The van der Waals surface area contributed by atoms with Crippen molar-refractivity contribution >= 4 is 11.6 Å². The van der Waals surface area contributed by atoms with E-state index in [1.54, 1.807) is 12.0 Å². The lowest BCUT2D eigenvalue weighted by molar-refractivity contribution is -0.118. The number of nitrogens with zero attached hydrogens (tertiary/aromatic N) is 2. The number of methoxy groups -OCH3 is 1. The molecular formula is C18H18N2O2. The number of amides is 1. The lowest BCUT2D eigenvalue weighted by Gasteiger charge is -2.22. The lowest BCUT2D eigenvalue weighted by atomic mass is 10.1. The first kappa shape index (κ1) is 15.6. The molecule has 4 heteroatoms. The fraction of sp³-hybridized carbons (Fsp3) is 0.222. The van der Waals surface area contributed by atoms with Gasteiger partial charge in [-0.1, -0.05) is 30.3 Å². The minimum atomic E-state index is -0.0327. The van der Waals surface area contributed by atoms with Crippen LogP contribution in [0, 0.1) is 11.3 Å². The van der Waals surface area contributed by atoms with Crippen molar-refractivity contribution in [3.05, 3.63) is 60.2 Å². The molecule has 0 saturated carbocycles. The van der Waals surface area contributed by atoms with Crippen LogP contribution in [-0.2, 0) is 11.2 Å². The molecule has 2 aromatic carbocycles. The van der Waals surface area contributed by atoms with Gasteiger partial charge in [-0.15, -0.1) is 0 Å². The van der Waals surface area contributed by atoms with Crippen LogP contribution in [0.1, 0.15) is 12.0 Å². The molecule has 0 aliphatic rings. The first-order valence-corrected chi connectivity index (χ1v) is 7.10. The Labute approximate surface area is 130 Å². The molecule has 0 N–H and O–H groups in total. The second-order valence-corrected chi connectivity index (χ2v) is 4.82. The Hall–Kier alpha value is -2.80. The van der Waals surface area contributed by atoms with Crippen molar-refractivity contribution in [3.8, 4) is 11.8 Å². The van der Waals surface area contributed by atoms with Crippen LogP contribution in [0.15, 0.2) is 54.6 Å². The highest BCUT2D eigenvalue weighted by molar-refractivity contribution is 5.94. The molecule has 112 valence electrons. The number of ether oxygens (including phenoxy) is 1. The van der Waals surface area contributed by atoms with Crippen LogP contribution < -0.4 is 9.64 Å².